The number of hydrogen-bond acceptors (Lipinski definition) is 6. The van der Waals surface area contributed by atoms with E-state index in [9.17, 15) is 8.42 Å². The lowest BCUT2D eigenvalue weighted by Crippen LogP contribution is -2.36. The number of rotatable bonds is 6. The Hall–Kier alpha value is -2.25. The van der Waals surface area contributed by atoms with Gasteiger partial charge in [0, 0.05) is 30.8 Å². The molecule has 0 aliphatic carbocycles. The molecule has 0 N–H and O–H groups in total. The van der Waals surface area contributed by atoms with Gasteiger partial charge in [-0.05, 0) is 41.8 Å². The Morgan fingerprint density at radius 1 is 1.03 bits per heavy atom. The number of sulfone groups is 1. The maximum absolute atomic E-state index is 11.6. The second kappa shape index (κ2) is 8.63. The summed E-state index contributed by atoms with van der Waals surface area (Å²) in [5, 5.41) is 0. The third-order valence-corrected chi connectivity index (χ3v) is 7.34. The number of hydrogen-bond donors (Lipinski definition) is 0. The quantitative estimate of drug-likeness (QED) is 0.720. The number of anilines is 1. The van der Waals surface area contributed by atoms with Crippen molar-refractivity contribution in [2.45, 2.75) is 6.42 Å². The van der Waals surface area contributed by atoms with Crippen molar-refractivity contribution in [2.75, 3.05) is 56.4 Å². The molecule has 0 bridgehead atoms. The Kier molecular flexibility index (Phi) is 5.96. The van der Waals surface area contributed by atoms with Crippen LogP contribution in [0.1, 0.15) is 6.42 Å². The lowest BCUT2D eigenvalue weighted by Gasteiger charge is -2.29. The minimum Gasteiger partial charge on any atom is -0.497 e. The molecule has 4 rings (SSSR count). The fourth-order valence-electron chi connectivity index (χ4n) is 3.84. The summed E-state index contributed by atoms with van der Waals surface area (Å²) in [7, 11) is -1.26. The summed E-state index contributed by atoms with van der Waals surface area (Å²) in [5.41, 5.74) is 3.28. The van der Waals surface area contributed by atoms with Crippen molar-refractivity contribution in [3.05, 3.63) is 42.5 Å². The van der Waals surface area contributed by atoms with Crippen LogP contribution in [0.2, 0.25) is 0 Å². The van der Waals surface area contributed by atoms with Crippen molar-refractivity contribution in [2.24, 2.45) is 5.92 Å². The van der Waals surface area contributed by atoms with E-state index in [1.165, 1.54) is 5.69 Å². The number of benzene rings is 2. The summed E-state index contributed by atoms with van der Waals surface area (Å²) in [6.07, 6.45) is 0.669. The third kappa shape index (κ3) is 5.03. The van der Waals surface area contributed by atoms with E-state index in [1.807, 2.05) is 18.2 Å². The summed E-state index contributed by atoms with van der Waals surface area (Å²) in [5.74, 6) is 1.95. The first-order valence-corrected chi connectivity index (χ1v) is 11.8. The maximum atomic E-state index is 11.6. The van der Waals surface area contributed by atoms with Crippen LogP contribution in [0.5, 0.6) is 11.5 Å². The molecule has 2 aliphatic heterocycles. The van der Waals surface area contributed by atoms with Gasteiger partial charge in [0.15, 0.2) is 9.84 Å². The molecule has 1 atom stereocenters. The molecule has 29 heavy (non-hydrogen) atoms. The van der Waals surface area contributed by atoms with Gasteiger partial charge in [0.2, 0.25) is 0 Å². The van der Waals surface area contributed by atoms with Crippen LogP contribution >= 0.6 is 0 Å². The monoisotopic (exact) mass is 417 g/mol. The van der Waals surface area contributed by atoms with Crippen LogP contribution in [-0.2, 0) is 14.6 Å². The third-order valence-electron chi connectivity index (χ3n) is 5.51. The number of ether oxygens (including phenoxy) is 3. The van der Waals surface area contributed by atoms with Gasteiger partial charge in [-0.25, -0.2) is 8.42 Å². The van der Waals surface area contributed by atoms with E-state index in [0.29, 0.717) is 24.5 Å². The minimum absolute atomic E-state index is 0.0578. The summed E-state index contributed by atoms with van der Waals surface area (Å²) in [4.78, 5) is 2.32. The molecule has 0 spiro atoms. The summed E-state index contributed by atoms with van der Waals surface area (Å²) < 4.78 is 40.1. The average molecular weight is 418 g/mol. The maximum Gasteiger partial charge on any atom is 0.150 e. The fourth-order valence-corrected chi connectivity index (χ4v) is 5.68. The smallest absolute Gasteiger partial charge is 0.150 e. The average Bonchev–Trinajstić information content (AvgIpc) is 3.11. The van der Waals surface area contributed by atoms with Gasteiger partial charge in [-0.15, -0.1) is 0 Å². The van der Waals surface area contributed by atoms with Crippen LogP contribution in [0.25, 0.3) is 11.1 Å². The predicted octanol–water partition coefficient (Wildman–Crippen LogP) is 3.01. The molecule has 2 aromatic carbocycles. The molecule has 2 heterocycles. The highest BCUT2D eigenvalue weighted by Gasteiger charge is 2.28. The van der Waals surface area contributed by atoms with E-state index in [0.717, 1.165) is 37.4 Å². The van der Waals surface area contributed by atoms with Gasteiger partial charge in [0.25, 0.3) is 0 Å². The molecule has 1 unspecified atom stereocenters. The van der Waals surface area contributed by atoms with Crippen LogP contribution in [0.3, 0.4) is 0 Å². The van der Waals surface area contributed by atoms with Gasteiger partial charge in [-0.3, -0.25) is 0 Å². The second-order valence-electron chi connectivity index (χ2n) is 7.62. The molecule has 0 radical (unpaired) electrons. The lowest BCUT2D eigenvalue weighted by molar-refractivity contribution is 0.122. The molecule has 2 saturated heterocycles. The van der Waals surface area contributed by atoms with E-state index in [4.69, 9.17) is 14.2 Å². The Morgan fingerprint density at radius 3 is 2.41 bits per heavy atom. The molecule has 0 aromatic heterocycles. The van der Waals surface area contributed by atoms with Gasteiger partial charge >= 0.3 is 0 Å². The summed E-state index contributed by atoms with van der Waals surface area (Å²) in [6, 6.07) is 14.3. The standard InChI is InChI=1S/C22H27NO5S/c1-26-21-12-19(13-22(14-21)28-15-17-6-11-29(24,25)16-17)18-2-4-20(5-3-18)23-7-9-27-10-8-23/h2-5,12-14,17H,6-11,15-16H2,1H3. The predicted molar refractivity (Wildman–Crippen MR) is 114 cm³/mol. The summed E-state index contributed by atoms with van der Waals surface area (Å²) >= 11 is 0. The Labute approximate surface area is 172 Å². The van der Waals surface area contributed by atoms with E-state index in [2.05, 4.69) is 29.2 Å². The van der Waals surface area contributed by atoms with Crippen LogP contribution in [-0.4, -0.2) is 59.9 Å². The van der Waals surface area contributed by atoms with E-state index >= 15 is 0 Å². The van der Waals surface area contributed by atoms with Gasteiger partial charge < -0.3 is 19.1 Å². The molecule has 0 amide bonds. The van der Waals surface area contributed by atoms with Crippen LogP contribution in [0.4, 0.5) is 5.69 Å². The highest BCUT2D eigenvalue weighted by atomic mass is 32.2. The van der Waals surface area contributed by atoms with Gasteiger partial charge in [0.05, 0.1) is 38.4 Å². The first-order valence-electron chi connectivity index (χ1n) is 9.98. The van der Waals surface area contributed by atoms with Gasteiger partial charge in [0.1, 0.15) is 11.5 Å². The number of nitrogens with zero attached hydrogens (tertiary/aromatic N) is 1. The van der Waals surface area contributed by atoms with Crippen molar-refractivity contribution in [3.8, 4) is 22.6 Å². The zero-order valence-electron chi connectivity index (χ0n) is 16.7. The van der Waals surface area contributed by atoms with Gasteiger partial charge in [-0.2, -0.15) is 0 Å². The van der Waals surface area contributed by atoms with Crippen molar-refractivity contribution < 1.29 is 22.6 Å². The number of morpholine rings is 1. The Bertz CT molecular complexity index is 936. The van der Waals surface area contributed by atoms with E-state index in [1.54, 1.807) is 7.11 Å². The molecule has 2 aromatic rings. The zero-order chi connectivity index (χ0) is 20.3. The molecule has 6 nitrogen and oxygen atoms in total. The largest absolute Gasteiger partial charge is 0.497 e. The van der Waals surface area contributed by atoms with Gasteiger partial charge in [-0.1, -0.05) is 12.1 Å². The number of methoxy groups -OCH3 is 1. The van der Waals surface area contributed by atoms with E-state index in [-0.39, 0.29) is 17.4 Å². The topological polar surface area (TPSA) is 65.1 Å². The molecule has 2 fully saturated rings. The normalized spacial score (nSPS) is 21.1. The lowest BCUT2D eigenvalue weighted by atomic mass is 10.0. The molecule has 2 aliphatic rings. The first kappa shape index (κ1) is 20.0. The first-order chi connectivity index (χ1) is 14.0. The zero-order valence-corrected chi connectivity index (χ0v) is 17.5. The van der Waals surface area contributed by atoms with Crippen LogP contribution in [0, 0.1) is 5.92 Å². The highest BCUT2D eigenvalue weighted by molar-refractivity contribution is 7.91. The van der Waals surface area contributed by atoms with Crippen molar-refractivity contribution in [1.82, 2.24) is 0 Å². The molecule has 0 saturated carbocycles. The van der Waals surface area contributed by atoms with Crippen LogP contribution in [0.15, 0.2) is 42.5 Å². The molecular formula is C22H27NO5S. The SMILES string of the molecule is COc1cc(OCC2CCS(=O)(=O)C2)cc(-c2ccc(N3CCOCC3)cc2)c1. The molecular weight excluding hydrogens is 390 g/mol. The highest BCUT2D eigenvalue weighted by Crippen LogP contribution is 2.32. The summed E-state index contributed by atoms with van der Waals surface area (Å²) in [6.45, 7) is 3.75. The van der Waals surface area contributed by atoms with Crippen molar-refractivity contribution >= 4 is 15.5 Å². The second-order valence-corrected chi connectivity index (χ2v) is 9.85. The molecule has 7 heteroatoms. The Balaban J connectivity index is 1.48. The molecule has 156 valence electrons. The van der Waals surface area contributed by atoms with E-state index < -0.39 is 9.84 Å². The fraction of sp³-hybridized carbons (Fsp3) is 0.455. The van der Waals surface area contributed by atoms with Crippen molar-refractivity contribution in [3.63, 3.8) is 0 Å². The minimum atomic E-state index is -2.89. The van der Waals surface area contributed by atoms with Crippen LogP contribution < -0.4 is 14.4 Å². The Morgan fingerprint density at radius 2 is 1.76 bits per heavy atom. The van der Waals surface area contributed by atoms with Crippen molar-refractivity contribution in [1.29, 1.82) is 0 Å².